The topological polar surface area (TPSA) is 32.3 Å². The maximum Gasteiger partial charge on any atom is 0.186 e. The minimum Gasteiger partial charge on any atom is -0.358 e. The van der Waals surface area contributed by atoms with Crippen molar-refractivity contribution in [2.24, 2.45) is 0 Å². The number of halogens is 2. The Morgan fingerprint density at radius 3 is 2.46 bits per heavy atom. The van der Waals surface area contributed by atoms with Crippen LogP contribution in [0.5, 0.6) is 0 Å². The summed E-state index contributed by atoms with van der Waals surface area (Å²) in [6.07, 6.45) is 0. The Morgan fingerprint density at radius 2 is 1.79 bits per heavy atom. The van der Waals surface area contributed by atoms with E-state index in [9.17, 15) is 4.79 Å². The summed E-state index contributed by atoms with van der Waals surface area (Å²) in [7, 11) is 0. The van der Waals surface area contributed by atoms with Crippen LogP contribution in [0.2, 0.25) is 10.0 Å². The average Bonchev–Trinajstić information content (AvgIpc) is 2.56. The van der Waals surface area contributed by atoms with Gasteiger partial charge < -0.3 is 10.2 Å². The predicted molar refractivity (Wildman–Crippen MR) is 101 cm³/mol. The first kappa shape index (κ1) is 17.3. The van der Waals surface area contributed by atoms with Crippen molar-refractivity contribution in [3.8, 4) is 0 Å². The number of piperazine rings is 1. The zero-order valence-electron chi connectivity index (χ0n) is 13.8. The molecule has 0 aliphatic carbocycles. The Bertz CT molecular complexity index is 756. The standard InChI is InChI=1S/C19H20Cl2N2O/c1-12-7-13(2)9-14(8-12)19(24)18-11-22-5-6-23(18)15-3-4-16(20)17(21)10-15/h3-4,7-10,18,22H,5-6,11H2,1-2H3. The third-order valence-electron chi connectivity index (χ3n) is 4.29. The van der Waals surface area contributed by atoms with Gasteiger partial charge in [-0.1, -0.05) is 40.4 Å². The van der Waals surface area contributed by atoms with Crippen molar-refractivity contribution >= 4 is 34.7 Å². The summed E-state index contributed by atoms with van der Waals surface area (Å²) in [5, 5.41) is 4.34. The molecule has 1 heterocycles. The zero-order chi connectivity index (χ0) is 17.3. The fraction of sp³-hybridized carbons (Fsp3) is 0.316. The Kier molecular flexibility index (Phi) is 5.14. The zero-order valence-corrected chi connectivity index (χ0v) is 15.3. The Morgan fingerprint density at radius 1 is 1.08 bits per heavy atom. The van der Waals surface area contributed by atoms with Crippen molar-refractivity contribution in [2.75, 3.05) is 24.5 Å². The van der Waals surface area contributed by atoms with Crippen LogP contribution in [0.15, 0.2) is 36.4 Å². The lowest BCUT2D eigenvalue weighted by molar-refractivity contribution is 0.0950. The number of rotatable bonds is 3. The van der Waals surface area contributed by atoms with Crippen LogP contribution in [-0.4, -0.2) is 31.5 Å². The number of anilines is 1. The Labute approximate surface area is 152 Å². The molecule has 0 radical (unpaired) electrons. The monoisotopic (exact) mass is 362 g/mol. The summed E-state index contributed by atoms with van der Waals surface area (Å²) >= 11 is 12.2. The number of Topliss-reactive ketones (excluding diaryl/α,β-unsaturated/α-hetero) is 1. The van der Waals surface area contributed by atoms with Crippen molar-refractivity contribution in [1.82, 2.24) is 5.32 Å². The molecule has 0 bridgehead atoms. The lowest BCUT2D eigenvalue weighted by atomic mass is 9.97. The highest BCUT2D eigenvalue weighted by atomic mass is 35.5. The molecule has 1 fully saturated rings. The Balaban J connectivity index is 1.94. The third kappa shape index (κ3) is 3.59. The number of hydrogen-bond acceptors (Lipinski definition) is 3. The summed E-state index contributed by atoms with van der Waals surface area (Å²) < 4.78 is 0. The summed E-state index contributed by atoms with van der Waals surface area (Å²) in [5.74, 6) is 0.125. The van der Waals surface area contributed by atoms with Gasteiger partial charge in [-0.3, -0.25) is 4.79 Å². The van der Waals surface area contributed by atoms with Crippen molar-refractivity contribution < 1.29 is 4.79 Å². The normalized spacial score (nSPS) is 17.8. The molecule has 3 rings (SSSR count). The van der Waals surface area contributed by atoms with Gasteiger partial charge in [0.05, 0.1) is 10.0 Å². The van der Waals surface area contributed by atoms with Crippen LogP contribution in [0, 0.1) is 13.8 Å². The summed E-state index contributed by atoms with van der Waals surface area (Å²) in [5.41, 5.74) is 3.88. The Hall–Kier alpha value is -1.55. The lowest BCUT2D eigenvalue weighted by Crippen LogP contribution is -2.55. The molecule has 1 atom stereocenters. The van der Waals surface area contributed by atoms with Gasteiger partial charge in [0.15, 0.2) is 5.78 Å². The van der Waals surface area contributed by atoms with Crippen molar-refractivity contribution in [1.29, 1.82) is 0 Å². The summed E-state index contributed by atoms with van der Waals surface area (Å²) in [4.78, 5) is 15.2. The van der Waals surface area contributed by atoms with Gasteiger partial charge in [0.2, 0.25) is 0 Å². The first-order valence-corrected chi connectivity index (χ1v) is 8.76. The van der Waals surface area contributed by atoms with E-state index in [0.29, 0.717) is 16.6 Å². The quantitative estimate of drug-likeness (QED) is 0.827. The van der Waals surface area contributed by atoms with E-state index in [0.717, 1.165) is 35.5 Å². The highest BCUT2D eigenvalue weighted by molar-refractivity contribution is 6.42. The summed E-state index contributed by atoms with van der Waals surface area (Å²) in [6.45, 7) is 6.22. The molecule has 5 heteroatoms. The van der Waals surface area contributed by atoms with E-state index in [1.165, 1.54) is 0 Å². The van der Waals surface area contributed by atoms with Gasteiger partial charge in [-0.25, -0.2) is 0 Å². The van der Waals surface area contributed by atoms with E-state index < -0.39 is 0 Å². The van der Waals surface area contributed by atoms with Gasteiger partial charge in [0.25, 0.3) is 0 Å². The van der Waals surface area contributed by atoms with Crippen molar-refractivity contribution in [3.63, 3.8) is 0 Å². The number of hydrogen-bond donors (Lipinski definition) is 1. The second kappa shape index (κ2) is 7.14. The van der Waals surface area contributed by atoms with Gasteiger partial charge in [-0.15, -0.1) is 0 Å². The molecule has 0 aromatic heterocycles. The van der Waals surface area contributed by atoms with E-state index in [1.807, 2.05) is 38.1 Å². The van der Waals surface area contributed by atoms with Crippen LogP contribution in [0.3, 0.4) is 0 Å². The molecular weight excluding hydrogens is 343 g/mol. The van der Waals surface area contributed by atoms with Gasteiger partial charge >= 0.3 is 0 Å². The number of carbonyl (C=O) groups is 1. The van der Waals surface area contributed by atoms with E-state index in [4.69, 9.17) is 23.2 Å². The van der Waals surface area contributed by atoms with E-state index in [2.05, 4.69) is 16.3 Å². The minimum absolute atomic E-state index is 0.125. The molecule has 1 aliphatic rings. The number of ketones is 1. The molecule has 1 unspecified atom stereocenters. The molecule has 2 aromatic rings. The minimum atomic E-state index is -0.253. The van der Waals surface area contributed by atoms with Crippen LogP contribution in [-0.2, 0) is 0 Å². The molecule has 1 aliphatic heterocycles. The largest absolute Gasteiger partial charge is 0.358 e. The molecule has 3 nitrogen and oxygen atoms in total. The SMILES string of the molecule is Cc1cc(C)cc(C(=O)C2CNCCN2c2ccc(Cl)c(Cl)c2)c1. The molecule has 24 heavy (non-hydrogen) atoms. The smallest absolute Gasteiger partial charge is 0.186 e. The maximum absolute atomic E-state index is 13.1. The van der Waals surface area contributed by atoms with E-state index in [-0.39, 0.29) is 11.8 Å². The lowest BCUT2D eigenvalue weighted by Gasteiger charge is -2.37. The van der Waals surface area contributed by atoms with Gasteiger partial charge in [0, 0.05) is 30.9 Å². The molecule has 1 N–H and O–H groups in total. The highest BCUT2D eigenvalue weighted by Gasteiger charge is 2.30. The predicted octanol–water partition coefficient (Wildman–Crippen LogP) is 4.27. The second-order valence-electron chi connectivity index (χ2n) is 6.25. The second-order valence-corrected chi connectivity index (χ2v) is 7.07. The molecule has 126 valence electrons. The van der Waals surface area contributed by atoms with Crippen LogP contribution in [0.25, 0.3) is 0 Å². The maximum atomic E-state index is 13.1. The number of carbonyl (C=O) groups excluding carboxylic acids is 1. The van der Waals surface area contributed by atoms with Crippen LogP contribution < -0.4 is 10.2 Å². The van der Waals surface area contributed by atoms with Crippen molar-refractivity contribution in [2.45, 2.75) is 19.9 Å². The highest BCUT2D eigenvalue weighted by Crippen LogP contribution is 2.29. The molecule has 0 amide bonds. The van der Waals surface area contributed by atoms with Crippen LogP contribution in [0.1, 0.15) is 21.5 Å². The number of nitrogens with zero attached hydrogens (tertiary/aromatic N) is 1. The fourth-order valence-electron chi connectivity index (χ4n) is 3.22. The average molecular weight is 363 g/mol. The molecule has 2 aromatic carbocycles. The fourth-order valence-corrected chi connectivity index (χ4v) is 3.51. The van der Waals surface area contributed by atoms with Gasteiger partial charge in [-0.2, -0.15) is 0 Å². The van der Waals surface area contributed by atoms with Gasteiger partial charge in [-0.05, 0) is 44.2 Å². The number of nitrogens with one attached hydrogen (secondary N) is 1. The van der Waals surface area contributed by atoms with E-state index in [1.54, 1.807) is 6.07 Å². The third-order valence-corrected chi connectivity index (χ3v) is 5.03. The first-order chi connectivity index (χ1) is 11.5. The van der Waals surface area contributed by atoms with Crippen LogP contribution in [0.4, 0.5) is 5.69 Å². The molecule has 1 saturated heterocycles. The summed E-state index contributed by atoms with van der Waals surface area (Å²) in [6, 6.07) is 11.3. The number of aryl methyl sites for hydroxylation is 2. The van der Waals surface area contributed by atoms with Crippen LogP contribution >= 0.6 is 23.2 Å². The molecule has 0 spiro atoms. The molecular formula is C19H20Cl2N2O. The first-order valence-electron chi connectivity index (χ1n) is 8.00. The van der Waals surface area contributed by atoms with Gasteiger partial charge in [0.1, 0.15) is 6.04 Å². The molecule has 0 saturated carbocycles. The van der Waals surface area contributed by atoms with E-state index >= 15 is 0 Å². The number of benzene rings is 2. The van der Waals surface area contributed by atoms with Crippen molar-refractivity contribution in [3.05, 3.63) is 63.1 Å².